The molecule has 2 rings (SSSR count). The number of rotatable bonds is 3. The molecular weight excluding hydrogens is 277 g/mol. The van der Waals surface area contributed by atoms with Crippen LogP contribution in [0, 0.1) is 11.7 Å². The minimum Gasteiger partial charge on any atom is -0.496 e. The van der Waals surface area contributed by atoms with Gasteiger partial charge in [0.15, 0.2) is 0 Å². The van der Waals surface area contributed by atoms with Crippen LogP contribution in [0.2, 0.25) is 0 Å². The Bertz CT molecular complexity index is 561. The van der Waals surface area contributed by atoms with Crippen molar-refractivity contribution in [2.75, 3.05) is 13.7 Å². The zero-order valence-corrected chi connectivity index (χ0v) is 12.0. The number of carbonyl (C=O) groups excluding carboxylic acids is 1. The molecule has 1 fully saturated rings. The van der Waals surface area contributed by atoms with E-state index in [9.17, 15) is 14.0 Å². The van der Waals surface area contributed by atoms with E-state index in [1.807, 2.05) is 6.92 Å². The highest BCUT2D eigenvalue weighted by molar-refractivity contribution is 5.97. The second-order valence-electron chi connectivity index (χ2n) is 5.26. The molecule has 2 unspecified atom stereocenters. The first-order chi connectivity index (χ1) is 9.93. The molecule has 5 nitrogen and oxygen atoms in total. The Morgan fingerprint density at radius 2 is 2.10 bits per heavy atom. The molecule has 1 amide bonds. The lowest BCUT2D eigenvalue weighted by atomic mass is 9.93. The van der Waals surface area contributed by atoms with Gasteiger partial charge in [-0.2, -0.15) is 0 Å². The Hall–Kier alpha value is -2.11. The summed E-state index contributed by atoms with van der Waals surface area (Å²) in [5, 5.41) is 9.12. The molecule has 1 aromatic carbocycles. The number of nitrogens with zero attached hydrogens (tertiary/aromatic N) is 1. The van der Waals surface area contributed by atoms with Crippen LogP contribution in [0.15, 0.2) is 18.2 Å². The number of benzene rings is 1. The van der Waals surface area contributed by atoms with E-state index in [-0.39, 0.29) is 23.9 Å². The van der Waals surface area contributed by atoms with Crippen molar-refractivity contribution in [3.63, 3.8) is 0 Å². The Balaban J connectivity index is 2.29. The van der Waals surface area contributed by atoms with Crippen LogP contribution >= 0.6 is 0 Å². The number of piperidine rings is 1. The highest BCUT2D eigenvalue weighted by Gasteiger charge is 2.34. The van der Waals surface area contributed by atoms with E-state index in [2.05, 4.69) is 0 Å². The van der Waals surface area contributed by atoms with Crippen LogP contribution in [-0.4, -0.2) is 41.6 Å². The molecule has 1 saturated heterocycles. The average molecular weight is 295 g/mol. The second kappa shape index (κ2) is 6.11. The summed E-state index contributed by atoms with van der Waals surface area (Å²) in [5.74, 6) is -2.13. The largest absolute Gasteiger partial charge is 0.496 e. The SMILES string of the molecule is COc1ccc(F)cc1C(=O)N1CC(C(=O)O)CCC1C. The number of ether oxygens (including phenoxy) is 1. The number of carboxylic acids is 1. The van der Waals surface area contributed by atoms with E-state index in [1.165, 1.54) is 24.1 Å². The molecule has 2 atom stereocenters. The number of amides is 1. The molecule has 114 valence electrons. The van der Waals surface area contributed by atoms with Gasteiger partial charge in [0.2, 0.25) is 0 Å². The van der Waals surface area contributed by atoms with Gasteiger partial charge in [-0.15, -0.1) is 0 Å². The molecule has 0 radical (unpaired) electrons. The van der Waals surface area contributed by atoms with Crippen molar-refractivity contribution >= 4 is 11.9 Å². The lowest BCUT2D eigenvalue weighted by Crippen LogP contribution is -2.47. The number of hydrogen-bond acceptors (Lipinski definition) is 3. The average Bonchev–Trinajstić information content (AvgIpc) is 2.46. The number of likely N-dealkylation sites (tertiary alicyclic amines) is 1. The fraction of sp³-hybridized carbons (Fsp3) is 0.467. The molecule has 1 aliphatic rings. The summed E-state index contributed by atoms with van der Waals surface area (Å²) in [6.07, 6.45) is 1.15. The lowest BCUT2D eigenvalue weighted by Gasteiger charge is -2.36. The minimum absolute atomic E-state index is 0.0823. The molecule has 21 heavy (non-hydrogen) atoms. The highest BCUT2D eigenvalue weighted by Crippen LogP contribution is 2.27. The van der Waals surface area contributed by atoms with Crippen molar-refractivity contribution in [2.24, 2.45) is 5.92 Å². The zero-order valence-electron chi connectivity index (χ0n) is 12.0. The predicted octanol–water partition coefficient (Wildman–Crippen LogP) is 2.16. The van der Waals surface area contributed by atoms with Gasteiger partial charge >= 0.3 is 5.97 Å². The number of halogens is 1. The van der Waals surface area contributed by atoms with Crippen LogP contribution in [0.25, 0.3) is 0 Å². The van der Waals surface area contributed by atoms with Gasteiger partial charge in [0.05, 0.1) is 18.6 Å². The third-order valence-electron chi connectivity index (χ3n) is 3.88. The maximum absolute atomic E-state index is 13.4. The molecule has 6 heteroatoms. The van der Waals surface area contributed by atoms with Gasteiger partial charge in [-0.3, -0.25) is 9.59 Å². The maximum atomic E-state index is 13.4. The van der Waals surface area contributed by atoms with Crippen molar-refractivity contribution < 1.29 is 23.8 Å². The quantitative estimate of drug-likeness (QED) is 0.928. The molecule has 0 aliphatic carbocycles. The van der Waals surface area contributed by atoms with E-state index in [0.29, 0.717) is 12.8 Å². The van der Waals surface area contributed by atoms with Gasteiger partial charge in [0, 0.05) is 12.6 Å². The van der Waals surface area contributed by atoms with Gasteiger partial charge in [-0.25, -0.2) is 4.39 Å². The normalized spacial score (nSPS) is 22.0. The third-order valence-corrected chi connectivity index (χ3v) is 3.88. The van der Waals surface area contributed by atoms with Crippen molar-refractivity contribution in [3.05, 3.63) is 29.6 Å². The van der Waals surface area contributed by atoms with E-state index >= 15 is 0 Å². The van der Waals surface area contributed by atoms with Gasteiger partial charge in [0.1, 0.15) is 11.6 Å². The minimum atomic E-state index is -0.911. The summed E-state index contributed by atoms with van der Waals surface area (Å²) in [6, 6.07) is 3.65. The van der Waals surface area contributed by atoms with Crippen LogP contribution in [0.5, 0.6) is 5.75 Å². The van der Waals surface area contributed by atoms with E-state index < -0.39 is 23.6 Å². The van der Waals surface area contributed by atoms with Crippen LogP contribution in [-0.2, 0) is 4.79 Å². The van der Waals surface area contributed by atoms with Crippen LogP contribution < -0.4 is 4.74 Å². The number of carbonyl (C=O) groups is 2. The number of methoxy groups -OCH3 is 1. The van der Waals surface area contributed by atoms with Crippen LogP contribution in [0.1, 0.15) is 30.1 Å². The van der Waals surface area contributed by atoms with Gasteiger partial charge in [-0.05, 0) is 38.0 Å². The fourth-order valence-electron chi connectivity index (χ4n) is 2.59. The number of carboxylic acid groups (broad SMARTS) is 1. The van der Waals surface area contributed by atoms with Gasteiger partial charge < -0.3 is 14.7 Å². The summed E-state index contributed by atoms with van der Waals surface area (Å²) in [6.45, 7) is 2.00. The summed E-state index contributed by atoms with van der Waals surface area (Å²) in [5.41, 5.74) is 0.121. The first kappa shape index (κ1) is 15.3. The Kier molecular flexibility index (Phi) is 4.45. The molecule has 1 aromatic rings. The molecule has 0 spiro atoms. The Morgan fingerprint density at radius 3 is 2.71 bits per heavy atom. The smallest absolute Gasteiger partial charge is 0.308 e. The first-order valence-corrected chi connectivity index (χ1v) is 6.81. The lowest BCUT2D eigenvalue weighted by molar-refractivity contribution is -0.143. The fourth-order valence-corrected chi connectivity index (χ4v) is 2.59. The van der Waals surface area contributed by atoms with Crippen LogP contribution in [0.3, 0.4) is 0 Å². The van der Waals surface area contributed by atoms with Gasteiger partial charge in [0.25, 0.3) is 5.91 Å². The highest BCUT2D eigenvalue weighted by atomic mass is 19.1. The second-order valence-corrected chi connectivity index (χ2v) is 5.26. The van der Waals surface area contributed by atoms with Crippen molar-refractivity contribution in [2.45, 2.75) is 25.8 Å². The molecule has 1 aliphatic heterocycles. The van der Waals surface area contributed by atoms with Crippen LogP contribution in [0.4, 0.5) is 4.39 Å². The summed E-state index contributed by atoms with van der Waals surface area (Å²) >= 11 is 0. The van der Waals surface area contributed by atoms with Crippen molar-refractivity contribution in [3.8, 4) is 5.75 Å². The topological polar surface area (TPSA) is 66.8 Å². The maximum Gasteiger partial charge on any atom is 0.308 e. The standard InChI is InChI=1S/C15H18FNO4/c1-9-3-4-10(15(19)20)8-17(9)14(18)12-7-11(16)5-6-13(12)21-2/h5-7,9-10H,3-4,8H2,1-2H3,(H,19,20). The Morgan fingerprint density at radius 1 is 1.38 bits per heavy atom. The summed E-state index contributed by atoms with van der Waals surface area (Å²) in [4.78, 5) is 25.2. The molecular formula is C15H18FNO4. The molecule has 0 saturated carbocycles. The molecule has 0 aromatic heterocycles. The Labute approximate surface area is 122 Å². The predicted molar refractivity (Wildman–Crippen MR) is 73.8 cm³/mol. The monoisotopic (exact) mass is 295 g/mol. The summed E-state index contributed by atoms with van der Waals surface area (Å²) < 4.78 is 18.5. The van der Waals surface area contributed by atoms with E-state index in [1.54, 1.807) is 0 Å². The molecule has 1 heterocycles. The first-order valence-electron chi connectivity index (χ1n) is 6.81. The zero-order chi connectivity index (χ0) is 15.6. The molecule has 0 bridgehead atoms. The summed E-state index contributed by atoms with van der Waals surface area (Å²) in [7, 11) is 1.41. The number of hydrogen-bond donors (Lipinski definition) is 1. The van der Waals surface area contributed by atoms with E-state index in [0.717, 1.165) is 6.07 Å². The van der Waals surface area contributed by atoms with E-state index in [4.69, 9.17) is 9.84 Å². The molecule has 1 N–H and O–H groups in total. The van der Waals surface area contributed by atoms with Gasteiger partial charge in [-0.1, -0.05) is 0 Å². The number of aliphatic carboxylic acids is 1. The van der Waals surface area contributed by atoms with Crippen molar-refractivity contribution in [1.29, 1.82) is 0 Å². The van der Waals surface area contributed by atoms with Crippen molar-refractivity contribution in [1.82, 2.24) is 4.90 Å². The third kappa shape index (κ3) is 3.15.